The summed E-state index contributed by atoms with van der Waals surface area (Å²) in [6.07, 6.45) is 3.00. The number of carbonyl (C=O) groups is 2. The molecule has 1 aliphatic rings. The topological polar surface area (TPSA) is 79.8 Å². The van der Waals surface area contributed by atoms with Gasteiger partial charge in [-0.1, -0.05) is 0 Å². The number of rotatable bonds is 4. The molecule has 2 N–H and O–H groups in total. The van der Waals surface area contributed by atoms with Crippen molar-refractivity contribution in [3.05, 3.63) is 22.6 Å². The molecule has 2 heterocycles. The van der Waals surface area contributed by atoms with Gasteiger partial charge in [-0.25, -0.2) is 0 Å². The van der Waals surface area contributed by atoms with Crippen LogP contribution in [0.4, 0.5) is 0 Å². The molecular formula is C15H22BrN3O3. The van der Waals surface area contributed by atoms with Crippen LogP contribution in [0.15, 0.2) is 21.2 Å². The van der Waals surface area contributed by atoms with Gasteiger partial charge in [-0.2, -0.15) is 0 Å². The molecule has 6 nitrogen and oxygen atoms in total. The van der Waals surface area contributed by atoms with E-state index in [1.165, 1.54) is 4.90 Å². The normalized spacial score (nSPS) is 19.8. The highest BCUT2D eigenvalue weighted by Gasteiger charge is 2.30. The monoisotopic (exact) mass is 371 g/mol. The molecule has 2 atom stereocenters. The molecule has 2 amide bonds. The summed E-state index contributed by atoms with van der Waals surface area (Å²) in [7, 11) is 1.60. The van der Waals surface area contributed by atoms with Crippen molar-refractivity contribution in [3.63, 3.8) is 0 Å². The highest BCUT2D eigenvalue weighted by Crippen LogP contribution is 2.20. The van der Waals surface area contributed by atoms with Gasteiger partial charge in [0.1, 0.15) is 0 Å². The zero-order valence-corrected chi connectivity index (χ0v) is 14.5. The SMILES string of the molecule is CC(N)C1CCCCN1C(=O)CN(C)C(=O)c1ccc(Br)o1. The Hall–Kier alpha value is -1.34. The Balaban J connectivity index is 1.99. The number of nitrogens with zero attached hydrogens (tertiary/aromatic N) is 2. The van der Waals surface area contributed by atoms with Crippen molar-refractivity contribution in [2.75, 3.05) is 20.1 Å². The van der Waals surface area contributed by atoms with Crippen LogP contribution >= 0.6 is 15.9 Å². The van der Waals surface area contributed by atoms with E-state index in [-0.39, 0.29) is 36.2 Å². The summed E-state index contributed by atoms with van der Waals surface area (Å²) >= 11 is 3.16. The maximum absolute atomic E-state index is 12.5. The maximum atomic E-state index is 12.5. The number of carbonyl (C=O) groups excluding carboxylic acids is 2. The van der Waals surface area contributed by atoms with E-state index in [0.29, 0.717) is 11.2 Å². The summed E-state index contributed by atoms with van der Waals surface area (Å²) in [6.45, 7) is 2.66. The highest BCUT2D eigenvalue weighted by atomic mass is 79.9. The minimum Gasteiger partial charge on any atom is -0.444 e. The molecule has 1 fully saturated rings. The second kappa shape index (κ2) is 7.28. The molecule has 1 saturated heterocycles. The Labute approximate surface area is 138 Å². The summed E-state index contributed by atoms with van der Waals surface area (Å²) in [4.78, 5) is 27.9. The van der Waals surface area contributed by atoms with E-state index in [2.05, 4.69) is 15.9 Å². The van der Waals surface area contributed by atoms with Crippen LogP contribution in [0.5, 0.6) is 0 Å². The molecule has 7 heteroatoms. The minimum atomic E-state index is -0.312. The third-order valence-corrected chi connectivity index (χ3v) is 4.41. The van der Waals surface area contributed by atoms with Crippen molar-refractivity contribution >= 4 is 27.7 Å². The van der Waals surface area contributed by atoms with E-state index in [1.54, 1.807) is 19.2 Å². The Morgan fingerprint density at radius 1 is 1.50 bits per heavy atom. The van der Waals surface area contributed by atoms with Crippen molar-refractivity contribution in [1.29, 1.82) is 0 Å². The number of halogens is 1. The van der Waals surface area contributed by atoms with Gasteiger partial charge in [0.25, 0.3) is 5.91 Å². The fourth-order valence-electron chi connectivity index (χ4n) is 2.80. The molecule has 0 bridgehead atoms. The van der Waals surface area contributed by atoms with E-state index in [4.69, 9.17) is 10.2 Å². The number of furan rings is 1. The molecule has 0 saturated carbocycles. The van der Waals surface area contributed by atoms with Gasteiger partial charge in [-0.3, -0.25) is 9.59 Å². The van der Waals surface area contributed by atoms with E-state index in [1.807, 2.05) is 11.8 Å². The molecule has 2 rings (SSSR count). The first-order chi connectivity index (χ1) is 10.4. The molecule has 0 aliphatic carbocycles. The number of piperidine rings is 1. The Kier molecular flexibility index (Phi) is 5.63. The molecule has 1 aliphatic heterocycles. The van der Waals surface area contributed by atoms with E-state index in [9.17, 15) is 9.59 Å². The average molecular weight is 372 g/mol. The number of likely N-dealkylation sites (tertiary alicyclic amines) is 1. The van der Waals surface area contributed by atoms with Gasteiger partial charge in [0.2, 0.25) is 5.91 Å². The van der Waals surface area contributed by atoms with Crippen molar-refractivity contribution in [3.8, 4) is 0 Å². The Bertz CT molecular complexity index is 544. The van der Waals surface area contributed by atoms with Crippen LogP contribution in [-0.4, -0.2) is 53.8 Å². The van der Waals surface area contributed by atoms with E-state index >= 15 is 0 Å². The molecule has 0 radical (unpaired) electrons. The first-order valence-electron chi connectivity index (χ1n) is 7.46. The standard InChI is InChI=1S/C15H22BrN3O3/c1-10(17)11-5-3-4-8-19(11)14(20)9-18(2)15(21)12-6-7-13(16)22-12/h6-7,10-11H,3-5,8-9,17H2,1-2H3. The molecule has 1 aromatic rings. The fraction of sp³-hybridized carbons (Fsp3) is 0.600. The van der Waals surface area contributed by atoms with Gasteiger partial charge >= 0.3 is 0 Å². The van der Waals surface area contributed by atoms with Gasteiger partial charge in [-0.15, -0.1) is 0 Å². The summed E-state index contributed by atoms with van der Waals surface area (Å²) < 4.78 is 5.72. The fourth-order valence-corrected chi connectivity index (χ4v) is 3.10. The Morgan fingerprint density at radius 3 is 2.82 bits per heavy atom. The third-order valence-electron chi connectivity index (χ3n) is 3.98. The molecule has 0 aromatic carbocycles. The lowest BCUT2D eigenvalue weighted by Crippen LogP contribution is -2.54. The smallest absolute Gasteiger partial charge is 0.289 e. The number of likely N-dealkylation sites (N-methyl/N-ethyl adjacent to an activating group) is 1. The predicted octanol–water partition coefficient (Wildman–Crippen LogP) is 1.84. The largest absolute Gasteiger partial charge is 0.444 e. The number of hydrogen-bond acceptors (Lipinski definition) is 4. The lowest BCUT2D eigenvalue weighted by Gasteiger charge is -2.38. The maximum Gasteiger partial charge on any atom is 0.289 e. The predicted molar refractivity (Wildman–Crippen MR) is 86.4 cm³/mol. The number of nitrogens with two attached hydrogens (primary N) is 1. The van der Waals surface area contributed by atoms with Gasteiger partial charge in [-0.05, 0) is 54.2 Å². The van der Waals surface area contributed by atoms with Gasteiger partial charge in [0, 0.05) is 25.7 Å². The number of amides is 2. The molecule has 22 heavy (non-hydrogen) atoms. The zero-order valence-electron chi connectivity index (χ0n) is 12.9. The minimum absolute atomic E-state index is 0.0281. The van der Waals surface area contributed by atoms with Crippen molar-refractivity contribution < 1.29 is 14.0 Å². The molecule has 2 unspecified atom stereocenters. The Morgan fingerprint density at radius 2 is 2.23 bits per heavy atom. The lowest BCUT2D eigenvalue weighted by molar-refractivity contribution is -0.135. The molecule has 122 valence electrons. The van der Waals surface area contributed by atoms with Gasteiger partial charge in [0.15, 0.2) is 10.4 Å². The van der Waals surface area contributed by atoms with Gasteiger partial charge < -0.3 is 20.0 Å². The first-order valence-corrected chi connectivity index (χ1v) is 8.25. The van der Waals surface area contributed by atoms with E-state index < -0.39 is 0 Å². The summed E-state index contributed by atoms with van der Waals surface area (Å²) in [5, 5.41) is 0. The van der Waals surface area contributed by atoms with Crippen LogP contribution in [0.2, 0.25) is 0 Å². The molecule has 0 spiro atoms. The van der Waals surface area contributed by atoms with Crippen LogP contribution in [0, 0.1) is 0 Å². The third kappa shape index (κ3) is 3.89. The van der Waals surface area contributed by atoms with Crippen LogP contribution in [-0.2, 0) is 4.79 Å². The summed E-state index contributed by atoms with van der Waals surface area (Å²) in [6, 6.07) is 3.23. The molecule has 1 aromatic heterocycles. The molecular weight excluding hydrogens is 350 g/mol. The lowest BCUT2D eigenvalue weighted by atomic mass is 9.97. The summed E-state index contributed by atoms with van der Waals surface area (Å²) in [5.41, 5.74) is 5.99. The highest BCUT2D eigenvalue weighted by molar-refractivity contribution is 9.10. The zero-order chi connectivity index (χ0) is 16.3. The van der Waals surface area contributed by atoms with Crippen LogP contribution in [0.25, 0.3) is 0 Å². The van der Waals surface area contributed by atoms with Crippen LogP contribution < -0.4 is 5.73 Å². The van der Waals surface area contributed by atoms with Crippen LogP contribution in [0.3, 0.4) is 0 Å². The second-order valence-corrected chi connectivity index (χ2v) is 6.56. The number of hydrogen-bond donors (Lipinski definition) is 1. The van der Waals surface area contributed by atoms with Crippen molar-refractivity contribution in [2.45, 2.75) is 38.3 Å². The summed E-state index contributed by atoms with van der Waals surface area (Å²) in [5.74, 6) is -0.165. The second-order valence-electron chi connectivity index (χ2n) is 5.77. The van der Waals surface area contributed by atoms with Crippen LogP contribution in [0.1, 0.15) is 36.7 Å². The quantitative estimate of drug-likeness (QED) is 0.875. The van der Waals surface area contributed by atoms with Crippen molar-refractivity contribution in [1.82, 2.24) is 9.80 Å². The van der Waals surface area contributed by atoms with Crippen molar-refractivity contribution in [2.24, 2.45) is 5.73 Å². The first kappa shape index (κ1) is 17.0. The van der Waals surface area contributed by atoms with E-state index in [0.717, 1.165) is 19.3 Å². The van der Waals surface area contributed by atoms with Gasteiger partial charge in [0.05, 0.1) is 6.54 Å². The average Bonchev–Trinajstić information content (AvgIpc) is 2.92.